The molecule has 0 heterocycles. The van der Waals surface area contributed by atoms with Crippen LogP contribution in [0, 0.1) is 0 Å². The number of esters is 1. The van der Waals surface area contributed by atoms with Crippen molar-refractivity contribution in [2.45, 2.75) is 59.1 Å². The lowest BCUT2D eigenvalue weighted by atomic mass is 9.98. The van der Waals surface area contributed by atoms with E-state index < -0.39 is 5.54 Å². The van der Waals surface area contributed by atoms with E-state index >= 15 is 0 Å². The predicted octanol–water partition coefficient (Wildman–Crippen LogP) is 2.12. The molecule has 0 aliphatic rings. The van der Waals surface area contributed by atoms with Crippen LogP contribution in [0.4, 0.5) is 0 Å². The molecule has 0 saturated carbocycles. The Morgan fingerprint density at radius 3 is 2.18 bits per heavy atom. The van der Waals surface area contributed by atoms with Crippen molar-refractivity contribution in [1.29, 1.82) is 0 Å². The molecule has 0 aromatic rings. The lowest BCUT2D eigenvalue weighted by Gasteiger charge is -2.29. The molecule has 102 valence electrons. The molecule has 0 radical (unpaired) electrons. The van der Waals surface area contributed by atoms with Gasteiger partial charge in [0.15, 0.2) is 0 Å². The first-order valence-corrected chi connectivity index (χ1v) is 6.31. The molecule has 17 heavy (non-hydrogen) atoms. The average molecular weight is 245 g/mol. The van der Waals surface area contributed by atoms with Crippen LogP contribution in [0.25, 0.3) is 0 Å². The molecular formula is C13H27NO3. The van der Waals surface area contributed by atoms with Crippen molar-refractivity contribution in [3.8, 4) is 0 Å². The van der Waals surface area contributed by atoms with Gasteiger partial charge in [0.05, 0.1) is 12.2 Å². The van der Waals surface area contributed by atoms with Crippen LogP contribution in [0.5, 0.6) is 0 Å². The smallest absolute Gasteiger partial charge is 0.326 e. The highest BCUT2D eigenvalue weighted by atomic mass is 16.5. The average Bonchev–Trinajstić information content (AvgIpc) is 2.16. The van der Waals surface area contributed by atoms with Crippen LogP contribution < -0.4 is 5.32 Å². The summed E-state index contributed by atoms with van der Waals surface area (Å²) in [6, 6.07) is 0. The highest BCUT2D eigenvalue weighted by Crippen LogP contribution is 2.15. The molecule has 4 heteroatoms. The summed E-state index contributed by atoms with van der Waals surface area (Å²) in [6.07, 6.45) is 0.608. The first kappa shape index (κ1) is 16.4. The van der Waals surface area contributed by atoms with Gasteiger partial charge in [-0.2, -0.15) is 0 Å². The lowest BCUT2D eigenvalue weighted by molar-refractivity contribution is -0.152. The van der Waals surface area contributed by atoms with E-state index in [2.05, 4.69) is 5.32 Å². The van der Waals surface area contributed by atoms with Gasteiger partial charge in [-0.3, -0.25) is 4.79 Å². The molecule has 0 aromatic heterocycles. The maximum atomic E-state index is 11.9. The van der Waals surface area contributed by atoms with E-state index in [1.165, 1.54) is 0 Å². The van der Waals surface area contributed by atoms with E-state index in [-0.39, 0.29) is 11.6 Å². The molecular weight excluding hydrogens is 218 g/mol. The summed E-state index contributed by atoms with van der Waals surface area (Å²) < 4.78 is 10.7. The van der Waals surface area contributed by atoms with E-state index in [1.807, 2.05) is 41.5 Å². The highest BCUT2D eigenvalue weighted by Gasteiger charge is 2.33. The Hall–Kier alpha value is -0.610. The normalized spacial score (nSPS) is 15.4. The van der Waals surface area contributed by atoms with Gasteiger partial charge in [-0.25, -0.2) is 0 Å². The van der Waals surface area contributed by atoms with Crippen LogP contribution >= 0.6 is 0 Å². The molecule has 0 bridgehead atoms. The monoisotopic (exact) mass is 245 g/mol. The van der Waals surface area contributed by atoms with Crippen LogP contribution in [0.15, 0.2) is 0 Å². The Kier molecular flexibility index (Phi) is 6.72. The quantitative estimate of drug-likeness (QED) is 0.698. The Bertz CT molecular complexity index is 235. The Balaban J connectivity index is 4.35. The van der Waals surface area contributed by atoms with Gasteiger partial charge in [0, 0.05) is 6.61 Å². The van der Waals surface area contributed by atoms with Crippen LogP contribution in [0.2, 0.25) is 0 Å². The molecule has 0 spiro atoms. The van der Waals surface area contributed by atoms with E-state index in [4.69, 9.17) is 9.47 Å². The van der Waals surface area contributed by atoms with Crippen LogP contribution in [0.3, 0.4) is 0 Å². The zero-order chi connectivity index (χ0) is 13.5. The number of likely N-dealkylation sites (N-methyl/N-ethyl adjacent to an activating group) is 1. The second-order valence-electron chi connectivity index (χ2n) is 5.29. The minimum absolute atomic E-state index is 0.179. The van der Waals surface area contributed by atoms with Crippen LogP contribution in [-0.2, 0) is 14.3 Å². The van der Waals surface area contributed by atoms with E-state index in [9.17, 15) is 4.79 Å². The van der Waals surface area contributed by atoms with Crippen molar-refractivity contribution < 1.29 is 14.3 Å². The number of carbonyl (C=O) groups is 1. The zero-order valence-corrected chi connectivity index (χ0v) is 12.1. The number of nitrogens with one attached hydrogen (secondary N) is 1. The van der Waals surface area contributed by atoms with Crippen molar-refractivity contribution in [3.63, 3.8) is 0 Å². The zero-order valence-electron chi connectivity index (χ0n) is 12.1. The van der Waals surface area contributed by atoms with Crippen molar-refractivity contribution in [1.82, 2.24) is 5.32 Å². The fourth-order valence-electron chi connectivity index (χ4n) is 1.50. The van der Waals surface area contributed by atoms with Gasteiger partial charge in [-0.1, -0.05) is 6.92 Å². The number of hydrogen-bond acceptors (Lipinski definition) is 4. The van der Waals surface area contributed by atoms with Crippen molar-refractivity contribution in [2.24, 2.45) is 0 Å². The Morgan fingerprint density at radius 1 is 1.18 bits per heavy atom. The van der Waals surface area contributed by atoms with E-state index in [0.717, 1.165) is 6.54 Å². The first-order chi connectivity index (χ1) is 7.75. The predicted molar refractivity (Wildman–Crippen MR) is 69.0 cm³/mol. The summed E-state index contributed by atoms with van der Waals surface area (Å²) in [7, 11) is 0. The molecule has 0 aliphatic carbocycles. The van der Waals surface area contributed by atoms with Gasteiger partial charge in [-0.15, -0.1) is 0 Å². The van der Waals surface area contributed by atoms with Crippen molar-refractivity contribution in [3.05, 3.63) is 0 Å². The van der Waals surface area contributed by atoms with Crippen molar-refractivity contribution in [2.75, 3.05) is 19.8 Å². The van der Waals surface area contributed by atoms with Crippen LogP contribution in [-0.4, -0.2) is 36.9 Å². The highest BCUT2D eigenvalue weighted by molar-refractivity contribution is 5.80. The van der Waals surface area contributed by atoms with E-state index in [0.29, 0.717) is 19.6 Å². The largest absolute Gasteiger partial charge is 0.465 e. The summed E-state index contributed by atoms with van der Waals surface area (Å²) in [4.78, 5) is 11.9. The maximum absolute atomic E-state index is 11.9. The van der Waals surface area contributed by atoms with Gasteiger partial charge in [0.1, 0.15) is 5.54 Å². The second kappa shape index (κ2) is 6.97. The SMILES string of the molecule is CCNC(C)(CCOC(C)(C)C)C(=O)OCC. The summed E-state index contributed by atoms with van der Waals surface area (Å²) >= 11 is 0. The standard InChI is InChI=1S/C13H27NO3/c1-7-14-13(6,11(15)16-8-2)9-10-17-12(3,4)5/h14H,7-10H2,1-6H3. The van der Waals surface area contributed by atoms with Gasteiger partial charge < -0.3 is 14.8 Å². The molecule has 0 amide bonds. The molecule has 4 nitrogen and oxygen atoms in total. The fraction of sp³-hybridized carbons (Fsp3) is 0.923. The summed E-state index contributed by atoms with van der Waals surface area (Å²) in [5.74, 6) is -0.209. The van der Waals surface area contributed by atoms with E-state index in [1.54, 1.807) is 0 Å². The topological polar surface area (TPSA) is 47.6 Å². The van der Waals surface area contributed by atoms with Gasteiger partial charge >= 0.3 is 5.97 Å². The third kappa shape index (κ3) is 6.64. The summed E-state index contributed by atoms with van der Waals surface area (Å²) in [5.41, 5.74) is -0.836. The number of carbonyl (C=O) groups excluding carboxylic acids is 1. The van der Waals surface area contributed by atoms with Gasteiger partial charge in [-0.05, 0) is 47.6 Å². The van der Waals surface area contributed by atoms with Gasteiger partial charge in [0.2, 0.25) is 0 Å². The third-order valence-corrected chi connectivity index (χ3v) is 2.43. The maximum Gasteiger partial charge on any atom is 0.326 e. The summed E-state index contributed by atoms with van der Waals surface area (Å²) in [5, 5.41) is 3.18. The molecule has 1 unspecified atom stereocenters. The lowest BCUT2D eigenvalue weighted by Crippen LogP contribution is -2.51. The van der Waals surface area contributed by atoms with Gasteiger partial charge in [0.25, 0.3) is 0 Å². The minimum Gasteiger partial charge on any atom is -0.465 e. The minimum atomic E-state index is -0.657. The number of hydrogen-bond donors (Lipinski definition) is 1. The number of ether oxygens (including phenoxy) is 2. The first-order valence-electron chi connectivity index (χ1n) is 6.31. The molecule has 0 aliphatic heterocycles. The number of rotatable bonds is 7. The third-order valence-electron chi connectivity index (χ3n) is 2.43. The van der Waals surface area contributed by atoms with Crippen molar-refractivity contribution >= 4 is 5.97 Å². The Labute approximate surface area is 105 Å². The molecule has 0 aromatic carbocycles. The molecule has 0 saturated heterocycles. The second-order valence-corrected chi connectivity index (χ2v) is 5.29. The molecule has 0 rings (SSSR count). The molecule has 1 N–H and O–H groups in total. The molecule has 1 atom stereocenters. The Morgan fingerprint density at radius 2 is 1.76 bits per heavy atom. The van der Waals surface area contributed by atoms with Crippen LogP contribution in [0.1, 0.15) is 48.0 Å². The summed E-state index contributed by atoms with van der Waals surface area (Å²) in [6.45, 7) is 13.3. The fourth-order valence-corrected chi connectivity index (χ4v) is 1.50. The molecule has 0 fully saturated rings.